The molecule has 0 aromatic heterocycles. The Bertz CT molecular complexity index is 591. The van der Waals surface area contributed by atoms with Crippen LogP contribution in [0.3, 0.4) is 0 Å². The van der Waals surface area contributed by atoms with E-state index in [4.69, 9.17) is 0 Å². The average molecular weight is 296 g/mol. The van der Waals surface area contributed by atoms with Gasteiger partial charge in [-0.1, -0.05) is 32.0 Å². The molecule has 3 heteroatoms. The van der Waals surface area contributed by atoms with Crippen molar-refractivity contribution in [1.82, 2.24) is 0 Å². The average Bonchev–Trinajstić information content (AvgIpc) is 2.50. The summed E-state index contributed by atoms with van der Waals surface area (Å²) in [6, 6.07) is 18.3. The van der Waals surface area contributed by atoms with E-state index < -0.39 is 0 Å². The first-order chi connectivity index (χ1) is 10.6. The van der Waals surface area contributed by atoms with Crippen molar-refractivity contribution in [2.75, 3.05) is 16.8 Å². The minimum absolute atomic E-state index is 0.0677. The minimum Gasteiger partial charge on any atom is -0.342 e. The van der Waals surface area contributed by atoms with Crippen molar-refractivity contribution >= 4 is 23.0 Å². The number of hydrogen-bond acceptors (Lipinski definition) is 2. The Morgan fingerprint density at radius 3 is 2.14 bits per heavy atom. The van der Waals surface area contributed by atoms with Crippen molar-refractivity contribution in [1.29, 1.82) is 0 Å². The van der Waals surface area contributed by atoms with Crippen molar-refractivity contribution in [3.63, 3.8) is 0 Å². The third-order valence-corrected chi connectivity index (χ3v) is 3.44. The number of carbonyl (C=O) groups excluding carboxylic acids is 1. The molecule has 0 radical (unpaired) electrons. The summed E-state index contributed by atoms with van der Waals surface area (Å²) in [5.74, 6) is 0.436. The van der Waals surface area contributed by atoms with Gasteiger partial charge in [-0.25, -0.2) is 0 Å². The maximum Gasteiger partial charge on any atom is 0.224 e. The van der Waals surface area contributed by atoms with Gasteiger partial charge >= 0.3 is 0 Å². The molecule has 2 rings (SSSR count). The zero-order chi connectivity index (χ0) is 15.9. The molecule has 2 aromatic rings. The SMILES string of the molecule is CCN(c1ccccc1)c1ccc(NC(=O)CC(C)C)cc1. The van der Waals surface area contributed by atoms with E-state index >= 15 is 0 Å². The molecule has 0 aliphatic carbocycles. The number of nitrogens with one attached hydrogen (secondary N) is 1. The quantitative estimate of drug-likeness (QED) is 0.828. The highest BCUT2D eigenvalue weighted by molar-refractivity contribution is 5.91. The lowest BCUT2D eigenvalue weighted by Crippen LogP contribution is -2.16. The molecule has 0 saturated heterocycles. The van der Waals surface area contributed by atoms with Crippen LogP contribution in [0.15, 0.2) is 54.6 Å². The van der Waals surface area contributed by atoms with Crippen molar-refractivity contribution in [2.24, 2.45) is 5.92 Å². The molecule has 0 fully saturated rings. The van der Waals surface area contributed by atoms with Gasteiger partial charge in [0.25, 0.3) is 0 Å². The fourth-order valence-electron chi connectivity index (χ4n) is 2.43. The van der Waals surface area contributed by atoms with Gasteiger partial charge in [0.1, 0.15) is 0 Å². The molecule has 3 nitrogen and oxygen atoms in total. The molecule has 1 N–H and O–H groups in total. The zero-order valence-corrected chi connectivity index (χ0v) is 13.5. The third-order valence-electron chi connectivity index (χ3n) is 3.44. The number of nitrogens with zero attached hydrogens (tertiary/aromatic N) is 1. The van der Waals surface area contributed by atoms with Crippen LogP contribution in [0.25, 0.3) is 0 Å². The van der Waals surface area contributed by atoms with Crippen LogP contribution in [0.4, 0.5) is 17.1 Å². The van der Waals surface area contributed by atoms with E-state index in [2.05, 4.69) is 29.3 Å². The molecule has 0 aliphatic heterocycles. The number of amides is 1. The highest BCUT2D eigenvalue weighted by Crippen LogP contribution is 2.26. The van der Waals surface area contributed by atoms with Gasteiger partial charge in [-0.15, -0.1) is 0 Å². The number of para-hydroxylation sites is 1. The Morgan fingerprint density at radius 2 is 1.59 bits per heavy atom. The Labute approximate surface area is 133 Å². The van der Waals surface area contributed by atoms with Gasteiger partial charge in [0.2, 0.25) is 5.91 Å². The molecule has 0 spiro atoms. The molecule has 0 heterocycles. The second-order valence-electron chi connectivity index (χ2n) is 5.77. The first kappa shape index (κ1) is 16.1. The van der Waals surface area contributed by atoms with Gasteiger partial charge in [0.15, 0.2) is 0 Å². The van der Waals surface area contributed by atoms with E-state index in [0.29, 0.717) is 12.3 Å². The fraction of sp³-hybridized carbons (Fsp3) is 0.316. The summed E-state index contributed by atoms with van der Waals surface area (Å²) in [5, 5.41) is 2.94. The first-order valence-corrected chi connectivity index (χ1v) is 7.82. The maximum absolute atomic E-state index is 11.8. The van der Waals surface area contributed by atoms with Crippen LogP contribution < -0.4 is 10.2 Å². The lowest BCUT2D eigenvalue weighted by Gasteiger charge is -2.23. The molecule has 0 bridgehead atoms. The minimum atomic E-state index is 0.0677. The highest BCUT2D eigenvalue weighted by Gasteiger charge is 2.08. The van der Waals surface area contributed by atoms with Gasteiger partial charge in [0, 0.05) is 30.0 Å². The van der Waals surface area contributed by atoms with Crippen LogP contribution in [-0.2, 0) is 4.79 Å². The van der Waals surface area contributed by atoms with Gasteiger partial charge in [0.05, 0.1) is 0 Å². The number of benzene rings is 2. The van der Waals surface area contributed by atoms with E-state index in [1.165, 1.54) is 5.69 Å². The molecule has 0 saturated carbocycles. The van der Waals surface area contributed by atoms with Crippen molar-refractivity contribution in [2.45, 2.75) is 27.2 Å². The second-order valence-corrected chi connectivity index (χ2v) is 5.77. The second kappa shape index (κ2) is 7.64. The molecule has 22 heavy (non-hydrogen) atoms. The predicted octanol–water partition coefficient (Wildman–Crippen LogP) is 4.83. The highest BCUT2D eigenvalue weighted by atomic mass is 16.1. The van der Waals surface area contributed by atoms with E-state index in [1.807, 2.05) is 56.3 Å². The molecule has 0 unspecified atom stereocenters. The van der Waals surface area contributed by atoms with Crippen LogP contribution in [0.5, 0.6) is 0 Å². The van der Waals surface area contributed by atoms with Gasteiger partial charge < -0.3 is 10.2 Å². The normalized spacial score (nSPS) is 10.5. The zero-order valence-electron chi connectivity index (χ0n) is 13.5. The summed E-state index contributed by atoms with van der Waals surface area (Å²) in [4.78, 5) is 14.0. The van der Waals surface area contributed by atoms with Crippen LogP contribution in [0, 0.1) is 5.92 Å². The van der Waals surface area contributed by atoms with Crippen LogP contribution in [-0.4, -0.2) is 12.5 Å². The first-order valence-electron chi connectivity index (χ1n) is 7.82. The van der Waals surface area contributed by atoms with Gasteiger partial charge in [-0.05, 0) is 49.2 Å². The molecule has 1 amide bonds. The number of hydrogen-bond donors (Lipinski definition) is 1. The summed E-state index contributed by atoms with van der Waals surface area (Å²) in [5.41, 5.74) is 3.13. The van der Waals surface area contributed by atoms with Crippen molar-refractivity contribution < 1.29 is 4.79 Å². The maximum atomic E-state index is 11.8. The van der Waals surface area contributed by atoms with Crippen molar-refractivity contribution in [3.05, 3.63) is 54.6 Å². The number of carbonyl (C=O) groups is 1. The smallest absolute Gasteiger partial charge is 0.224 e. The monoisotopic (exact) mass is 296 g/mol. The van der Waals surface area contributed by atoms with E-state index in [0.717, 1.165) is 17.9 Å². The number of anilines is 3. The number of rotatable bonds is 6. The van der Waals surface area contributed by atoms with E-state index in [9.17, 15) is 4.79 Å². The van der Waals surface area contributed by atoms with E-state index in [-0.39, 0.29) is 5.91 Å². The molecule has 116 valence electrons. The molecule has 0 aliphatic rings. The largest absolute Gasteiger partial charge is 0.342 e. The standard InChI is InChI=1S/C19H24N2O/c1-4-21(17-8-6-5-7-9-17)18-12-10-16(11-13-18)20-19(22)14-15(2)3/h5-13,15H,4,14H2,1-3H3,(H,20,22). The Kier molecular flexibility index (Phi) is 5.59. The Morgan fingerprint density at radius 1 is 1.00 bits per heavy atom. The summed E-state index contributed by atoms with van der Waals surface area (Å²) >= 11 is 0. The van der Waals surface area contributed by atoms with Crippen LogP contribution >= 0.6 is 0 Å². The fourth-order valence-corrected chi connectivity index (χ4v) is 2.43. The third kappa shape index (κ3) is 4.35. The topological polar surface area (TPSA) is 32.3 Å². The molecule has 0 atom stereocenters. The summed E-state index contributed by atoms with van der Waals surface area (Å²) < 4.78 is 0. The van der Waals surface area contributed by atoms with Crippen LogP contribution in [0.1, 0.15) is 27.2 Å². The van der Waals surface area contributed by atoms with Gasteiger partial charge in [-0.3, -0.25) is 4.79 Å². The Hall–Kier alpha value is -2.29. The van der Waals surface area contributed by atoms with Gasteiger partial charge in [-0.2, -0.15) is 0 Å². The Balaban J connectivity index is 2.09. The molecular weight excluding hydrogens is 272 g/mol. The van der Waals surface area contributed by atoms with E-state index in [1.54, 1.807) is 0 Å². The van der Waals surface area contributed by atoms with Crippen molar-refractivity contribution in [3.8, 4) is 0 Å². The summed E-state index contributed by atoms with van der Waals surface area (Å²) in [7, 11) is 0. The predicted molar refractivity (Wildman–Crippen MR) is 93.6 cm³/mol. The summed E-state index contributed by atoms with van der Waals surface area (Å²) in [6.07, 6.45) is 0.548. The summed E-state index contributed by atoms with van der Waals surface area (Å²) in [6.45, 7) is 7.11. The molecular formula is C19H24N2O. The molecule has 2 aromatic carbocycles. The lowest BCUT2D eigenvalue weighted by atomic mass is 10.1. The van der Waals surface area contributed by atoms with Crippen LogP contribution in [0.2, 0.25) is 0 Å². The lowest BCUT2D eigenvalue weighted by molar-refractivity contribution is -0.116.